The van der Waals surface area contributed by atoms with Crippen LogP contribution in [-0.4, -0.2) is 48.5 Å². The van der Waals surface area contributed by atoms with Gasteiger partial charge >= 0.3 is 0 Å². The summed E-state index contributed by atoms with van der Waals surface area (Å²) in [5, 5.41) is 9.14. The largest absolute Gasteiger partial charge is 0.383 e. The van der Waals surface area contributed by atoms with Crippen molar-refractivity contribution in [2.45, 2.75) is 56.6 Å². The van der Waals surface area contributed by atoms with Gasteiger partial charge in [-0.3, -0.25) is 9.40 Å². The summed E-state index contributed by atoms with van der Waals surface area (Å²) in [6, 6.07) is 9.73. The SMILES string of the molecule is CCn1nc(-c2ccc(NS(=O)(=O)c3cc(C)ccc3Cl)c(F)c2)c2c(N)ncc(C3=CCC(NC4COC4)CC3)c21. The first-order chi connectivity index (χ1) is 20.1. The molecule has 9 nitrogen and oxygen atoms in total. The molecule has 1 fully saturated rings. The summed E-state index contributed by atoms with van der Waals surface area (Å²) < 4.78 is 50.9. The van der Waals surface area contributed by atoms with Crippen molar-refractivity contribution in [2.24, 2.45) is 0 Å². The zero-order valence-electron chi connectivity index (χ0n) is 23.3. The molecule has 0 amide bonds. The van der Waals surface area contributed by atoms with Gasteiger partial charge in [-0.25, -0.2) is 17.8 Å². The van der Waals surface area contributed by atoms with Crippen LogP contribution in [0.1, 0.15) is 37.3 Å². The fourth-order valence-electron chi connectivity index (χ4n) is 5.56. The molecular formula is C30H32ClFN6O3S. The van der Waals surface area contributed by atoms with Gasteiger partial charge in [0.25, 0.3) is 10.0 Å². The average Bonchev–Trinajstić information content (AvgIpc) is 3.34. The Morgan fingerprint density at radius 3 is 2.67 bits per heavy atom. The molecule has 42 heavy (non-hydrogen) atoms. The van der Waals surface area contributed by atoms with Crippen LogP contribution in [0, 0.1) is 12.7 Å². The Balaban J connectivity index is 1.33. The van der Waals surface area contributed by atoms with E-state index >= 15 is 4.39 Å². The maximum atomic E-state index is 15.4. The average molecular weight is 611 g/mol. The first-order valence-electron chi connectivity index (χ1n) is 13.9. The quantitative estimate of drug-likeness (QED) is 0.240. The number of benzene rings is 2. The Morgan fingerprint density at radius 2 is 2.00 bits per heavy atom. The second kappa shape index (κ2) is 11.3. The van der Waals surface area contributed by atoms with Crippen molar-refractivity contribution in [2.75, 3.05) is 23.7 Å². The number of halogens is 2. The second-order valence-electron chi connectivity index (χ2n) is 10.8. The van der Waals surface area contributed by atoms with Gasteiger partial charge < -0.3 is 15.8 Å². The van der Waals surface area contributed by atoms with Crippen molar-refractivity contribution < 1.29 is 17.5 Å². The van der Waals surface area contributed by atoms with E-state index in [-0.39, 0.29) is 15.6 Å². The van der Waals surface area contributed by atoms with Gasteiger partial charge in [0.1, 0.15) is 22.2 Å². The highest BCUT2D eigenvalue weighted by atomic mass is 35.5. The molecule has 3 heterocycles. The topological polar surface area (TPSA) is 124 Å². The number of nitrogens with zero attached hydrogens (tertiary/aromatic N) is 3. The Kier molecular flexibility index (Phi) is 7.69. The lowest BCUT2D eigenvalue weighted by Gasteiger charge is -2.33. The van der Waals surface area contributed by atoms with E-state index in [4.69, 9.17) is 27.2 Å². The number of anilines is 2. The number of sulfonamides is 1. The second-order valence-corrected chi connectivity index (χ2v) is 12.8. The Hall–Kier alpha value is -3.51. The van der Waals surface area contributed by atoms with Crippen LogP contribution >= 0.6 is 11.6 Å². The van der Waals surface area contributed by atoms with Crippen molar-refractivity contribution in [3.63, 3.8) is 0 Å². The maximum Gasteiger partial charge on any atom is 0.263 e. The van der Waals surface area contributed by atoms with Crippen LogP contribution in [0.15, 0.2) is 53.6 Å². The summed E-state index contributed by atoms with van der Waals surface area (Å²) in [5.74, 6) is -0.462. The van der Waals surface area contributed by atoms with Crippen molar-refractivity contribution in [3.05, 3.63) is 70.6 Å². The van der Waals surface area contributed by atoms with Gasteiger partial charge in [0, 0.05) is 29.9 Å². The predicted molar refractivity (Wildman–Crippen MR) is 163 cm³/mol. The number of hydrogen-bond acceptors (Lipinski definition) is 7. The third-order valence-electron chi connectivity index (χ3n) is 7.83. The third-order valence-corrected chi connectivity index (χ3v) is 9.67. The summed E-state index contributed by atoms with van der Waals surface area (Å²) in [5.41, 5.74) is 10.8. The van der Waals surface area contributed by atoms with Crippen molar-refractivity contribution >= 4 is 49.6 Å². The molecule has 0 spiro atoms. The highest BCUT2D eigenvalue weighted by molar-refractivity contribution is 7.92. The smallest absolute Gasteiger partial charge is 0.263 e. The summed E-state index contributed by atoms with van der Waals surface area (Å²) in [6.45, 7) is 5.84. The fourth-order valence-corrected chi connectivity index (χ4v) is 7.21. The molecule has 4 N–H and O–H groups in total. The lowest BCUT2D eigenvalue weighted by atomic mass is 9.89. The number of nitrogen functional groups attached to an aromatic ring is 1. The van der Waals surface area contributed by atoms with E-state index in [1.165, 1.54) is 29.8 Å². The number of pyridine rings is 1. The third kappa shape index (κ3) is 5.37. The Bertz CT molecular complexity index is 1820. The number of nitrogens with two attached hydrogens (primary N) is 1. The normalized spacial score (nSPS) is 17.7. The minimum atomic E-state index is -4.12. The van der Waals surface area contributed by atoms with Gasteiger partial charge in [0.05, 0.1) is 40.9 Å². The number of hydrogen-bond donors (Lipinski definition) is 3. The van der Waals surface area contributed by atoms with E-state index in [9.17, 15) is 8.42 Å². The highest BCUT2D eigenvalue weighted by Crippen LogP contribution is 2.39. The number of nitrogens with one attached hydrogen (secondary N) is 2. The zero-order chi connectivity index (χ0) is 29.6. The van der Waals surface area contributed by atoms with Gasteiger partial charge in [-0.15, -0.1) is 0 Å². The standard InChI is InChI=1S/C30H32ClFN6O3S/c1-3-38-29-22(18-5-8-20(9-6-18)35-21-15-41-16-21)14-34-30(33)27(29)28(36-38)19-7-11-25(24(32)13-19)37-42(39,40)26-12-17(2)4-10-23(26)31/h4-5,7,10-14,20-21,35,37H,3,6,8-9,15-16H2,1-2H3,(H2,33,34). The van der Waals surface area contributed by atoms with Crippen molar-refractivity contribution in [3.8, 4) is 11.3 Å². The molecule has 4 aromatic rings. The van der Waals surface area contributed by atoms with Crippen molar-refractivity contribution in [1.29, 1.82) is 0 Å². The van der Waals surface area contributed by atoms with Crippen molar-refractivity contribution in [1.82, 2.24) is 20.1 Å². The van der Waals surface area contributed by atoms with Crippen LogP contribution < -0.4 is 15.8 Å². The summed E-state index contributed by atoms with van der Waals surface area (Å²) in [7, 11) is -4.12. The van der Waals surface area contributed by atoms with Crippen LogP contribution in [0.3, 0.4) is 0 Å². The van der Waals surface area contributed by atoms with Crippen LogP contribution in [0.2, 0.25) is 5.02 Å². The number of ether oxygens (including phenoxy) is 1. The monoisotopic (exact) mass is 610 g/mol. The number of allylic oxidation sites excluding steroid dienone is 1. The molecule has 2 aromatic carbocycles. The van der Waals surface area contributed by atoms with Crippen LogP contribution in [0.25, 0.3) is 27.7 Å². The Labute approximate surface area is 249 Å². The Morgan fingerprint density at radius 1 is 1.19 bits per heavy atom. The van der Waals surface area contributed by atoms with E-state index in [1.54, 1.807) is 25.3 Å². The maximum absolute atomic E-state index is 15.4. The molecule has 0 saturated carbocycles. The molecule has 1 atom stereocenters. The zero-order valence-corrected chi connectivity index (χ0v) is 24.9. The first-order valence-corrected chi connectivity index (χ1v) is 15.8. The van der Waals surface area contributed by atoms with E-state index in [0.29, 0.717) is 46.7 Å². The molecular weight excluding hydrogens is 579 g/mol. The first kappa shape index (κ1) is 28.6. The minimum Gasteiger partial charge on any atom is -0.383 e. The lowest BCUT2D eigenvalue weighted by molar-refractivity contribution is -0.0103. The van der Waals surface area contributed by atoms with Gasteiger partial charge in [-0.1, -0.05) is 29.8 Å². The van der Waals surface area contributed by atoms with Crippen LogP contribution in [0.5, 0.6) is 0 Å². The number of aromatic nitrogens is 3. The molecule has 1 saturated heterocycles. The number of fused-ring (bicyclic) bond motifs is 1. The van der Waals surface area contributed by atoms with Gasteiger partial charge in [0.2, 0.25) is 0 Å². The van der Waals surface area contributed by atoms with E-state index < -0.39 is 15.8 Å². The molecule has 0 bridgehead atoms. The highest BCUT2D eigenvalue weighted by Gasteiger charge is 2.26. The molecule has 1 aliphatic heterocycles. The van der Waals surface area contributed by atoms with Crippen LogP contribution in [0.4, 0.5) is 15.9 Å². The summed E-state index contributed by atoms with van der Waals surface area (Å²) >= 11 is 6.13. The van der Waals surface area contributed by atoms with E-state index in [2.05, 4.69) is 21.1 Å². The number of rotatable bonds is 8. The molecule has 6 rings (SSSR count). The minimum absolute atomic E-state index is 0.0494. The molecule has 12 heteroatoms. The molecule has 2 aliphatic rings. The summed E-state index contributed by atoms with van der Waals surface area (Å²) in [4.78, 5) is 4.37. The fraction of sp³-hybridized carbons (Fsp3) is 0.333. The van der Waals surface area contributed by atoms with E-state index in [0.717, 1.165) is 43.6 Å². The van der Waals surface area contributed by atoms with Gasteiger partial charge in [-0.2, -0.15) is 5.10 Å². The lowest BCUT2D eigenvalue weighted by Crippen LogP contribution is -2.50. The molecule has 1 unspecified atom stereocenters. The predicted octanol–water partition coefficient (Wildman–Crippen LogP) is 5.53. The molecule has 0 radical (unpaired) electrons. The van der Waals surface area contributed by atoms with Gasteiger partial charge in [0.15, 0.2) is 0 Å². The van der Waals surface area contributed by atoms with Crippen LogP contribution in [-0.2, 0) is 21.3 Å². The molecule has 2 aromatic heterocycles. The molecule has 1 aliphatic carbocycles. The molecule has 220 valence electrons. The van der Waals surface area contributed by atoms with Gasteiger partial charge in [-0.05, 0) is 68.5 Å². The summed E-state index contributed by atoms with van der Waals surface area (Å²) in [6.07, 6.45) is 6.83. The van der Waals surface area contributed by atoms with E-state index in [1.807, 2.05) is 11.6 Å². The number of aryl methyl sites for hydroxylation is 2.